The second kappa shape index (κ2) is 10.2. The van der Waals surface area contributed by atoms with Crippen molar-refractivity contribution in [2.24, 2.45) is 0 Å². The number of anilines is 1. The Bertz CT molecular complexity index is 936. The van der Waals surface area contributed by atoms with E-state index in [1.807, 2.05) is 0 Å². The highest BCUT2D eigenvalue weighted by Gasteiger charge is 2.26. The highest BCUT2D eigenvalue weighted by molar-refractivity contribution is 5.99. The molecule has 9 heteroatoms. The summed E-state index contributed by atoms with van der Waals surface area (Å²) in [7, 11) is 1.35. The summed E-state index contributed by atoms with van der Waals surface area (Å²) in [5.74, 6) is -2.07. The SMILES string of the molecule is CNC(=O)NC(=O)[C@H](OC(=O)c1ccc(NC(=O)CC#N)cc1)c1ccccc1. The predicted molar refractivity (Wildman–Crippen MR) is 102 cm³/mol. The minimum absolute atomic E-state index is 0.136. The summed E-state index contributed by atoms with van der Waals surface area (Å²) in [4.78, 5) is 47.8. The Balaban J connectivity index is 2.15. The molecular formula is C20H18N4O5. The van der Waals surface area contributed by atoms with Gasteiger partial charge in [0.05, 0.1) is 11.6 Å². The van der Waals surface area contributed by atoms with Crippen molar-refractivity contribution < 1.29 is 23.9 Å². The van der Waals surface area contributed by atoms with Crippen LogP contribution in [0.1, 0.15) is 28.4 Å². The van der Waals surface area contributed by atoms with Crippen molar-refractivity contribution in [2.45, 2.75) is 12.5 Å². The molecule has 0 radical (unpaired) electrons. The topological polar surface area (TPSA) is 137 Å². The number of urea groups is 1. The van der Waals surface area contributed by atoms with E-state index in [1.165, 1.54) is 31.3 Å². The first-order valence-electron chi connectivity index (χ1n) is 8.50. The summed E-state index contributed by atoms with van der Waals surface area (Å²) >= 11 is 0. The highest BCUT2D eigenvalue weighted by Crippen LogP contribution is 2.20. The molecule has 0 bridgehead atoms. The third kappa shape index (κ3) is 6.18. The Morgan fingerprint density at radius 2 is 1.69 bits per heavy atom. The molecule has 9 nitrogen and oxygen atoms in total. The van der Waals surface area contributed by atoms with Crippen molar-refractivity contribution in [2.75, 3.05) is 12.4 Å². The third-order valence-corrected chi connectivity index (χ3v) is 3.67. The van der Waals surface area contributed by atoms with Gasteiger partial charge in [-0.2, -0.15) is 5.26 Å². The normalized spacial score (nSPS) is 10.8. The van der Waals surface area contributed by atoms with Gasteiger partial charge in [-0.1, -0.05) is 30.3 Å². The summed E-state index contributed by atoms with van der Waals surface area (Å²) < 4.78 is 5.33. The van der Waals surface area contributed by atoms with Gasteiger partial charge >= 0.3 is 12.0 Å². The van der Waals surface area contributed by atoms with Crippen molar-refractivity contribution in [1.82, 2.24) is 10.6 Å². The molecule has 0 spiro atoms. The molecule has 29 heavy (non-hydrogen) atoms. The van der Waals surface area contributed by atoms with Crippen LogP contribution in [0.25, 0.3) is 0 Å². The van der Waals surface area contributed by atoms with E-state index in [2.05, 4.69) is 16.0 Å². The number of hydrogen-bond donors (Lipinski definition) is 3. The standard InChI is InChI=1S/C20H18N4O5/c1-22-20(28)24-18(26)17(13-5-3-2-4-6-13)29-19(27)14-7-9-15(10-8-14)23-16(25)11-12-21/h2-10,17H,11H2,1H3,(H,23,25)(H2,22,24,26,28)/t17-/m1/s1. The summed E-state index contributed by atoms with van der Waals surface area (Å²) in [6, 6.07) is 15.0. The Hall–Kier alpha value is -4.19. The molecule has 1 atom stereocenters. The molecule has 0 aliphatic rings. The monoisotopic (exact) mass is 394 g/mol. The lowest BCUT2D eigenvalue weighted by molar-refractivity contribution is -0.129. The van der Waals surface area contributed by atoms with E-state index >= 15 is 0 Å². The van der Waals surface area contributed by atoms with E-state index in [0.29, 0.717) is 11.3 Å². The largest absolute Gasteiger partial charge is 0.444 e. The first-order chi connectivity index (χ1) is 13.9. The number of amides is 4. The first-order valence-corrected chi connectivity index (χ1v) is 8.50. The van der Waals surface area contributed by atoms with Crippen LogP contribution >= 0.6 is 0 Å². The smallest absolute Gasteiger partial charge is 0.339 e. The fourth-order valence-corrected chi connectivity index (χ4v) is 2.28. The minimum Gasteiger partial charge on any atom is -0.444 e. The third-order valence-electron chi connectivity index (χ3n) is 3.67. The van der Waals surface area contributed by atoms with Crippen molar-refractivity contribution in [1.29, 1.82) is 5.26 Å². The number of benzene rings is 2. The number of nitriles is 1. The summed E-state index contributed by atoms with van der Waals surface area (Å²) in [5, 5.41) is 15.3. The van der Waals surface area contributed by atoms with Crippen LogP contribution in [0.4, 0.5) is 10.5 Å². The van der Waals surface area contributed by atoms with Gasteiger partial charge in [0.15, 0.2) is 0 Å². The van der Waals surface area contributed by atoms with Crippen LogP contribution in [-0.2, 0) is 14.3 Å². The van der Waals surface area contributed by atoms with E-state index in [4.69, 9.17) is 10.00 Å². The fraction of sp³-hybridized carbons (Fsp3) is 0.150. The Morgan fingerprint density at radius 1 is 1.03 bits per heavy atom. The van der Waals surface area contributed by atoms with E-state index in [9.17, 15) is 19.2 Å². The van der Waals surface area contributed by atoms with Crippen LogP contribution < -0.4 is 16.0 Å². The van der Waals surface area contributed by atoms with Crippen molar-refractivity contribution in [3.63, 3.8) is 0 Å². The Morgan fingerprint density at radius 3 is 2.28 bits per heavy atom. The van der Waals surface area contributed by atoms with Crippen LogP contribution in [-0.4, -0.2) is 30.9 Å². The van der Waals surface area contributed by atoms with Crippen LogP contribution in [0.5, 0.6) is 0 Å². The average Bonchev–Trinajstić information content (AvgIpc) is 2.73. The summed E-state index contributed by atoms with van der Waals surface area (Å²) in [6.45, 7) is 0. The number of hydrogen-bond acceptors (Lipinski definition) is 6. The lowest BCUT2D eigenvalue weighted by Crippen LogP contribution is -2.41. The minimum atomic E-state index is -1.34. The maximum atomic E-state index is 12.5. The molecule has 0 fully saturated rings. The zero-order valence-corrected chi connectivity index (χ0v) is 15.5. The molecule has 0 unspecified atom stereocenters. The van der Waals surface area contributed by atoms with Gasteiger partial charge in [-0.25, -0.2) is 9.59 Å². The lowest BCUT2D eigenvalue weighted by Gasteiger charge is -2.17. The van der Waals surface area contributed by atoms with Gasteiger partial charge in [0.25, 0.3) is 5.91 Å². The van der Waals surface area contributed by atoms with Gasteiger partial charge in [-0.3, -0.25) is 14.9 Å². The number of carbonyl (C=O) groups is 4. The van der Waals surface area contributed by atoms with Crippen LogP contribution in [0.2, 0.25) is 0 Å². The van der Waals surface area contributed by atoms with Crippen molar-refractivity contribution in [3.05, 3.63) is 65.7 Å². The van der Waals surface area contributed by atoms with Gasteiger partial charge in [0, 0.05) is 18.3 Å². The molecule has 3 N–H and O–H groups in total. The molecule has 0 aromatic heterocycles. The fourth-order valence-electron chi connectivity index (χ4n) is 2.28. The zero-order valence-electron chi connectivity index (χ0n) is 15.5. The van der Waals surface area contributed by atoms with E-state index in [1.54, 1.807) is 36.4 Å². The lowest BCUT2D eigenvalue weighted by atomic mass is 10.1. The number of nitrogens with zero attached hydrogens (tertiary/aromatic N) is 1. The molecule has 148 valence electrons. The van der Waals surface area contributed by atoms with Gasteiger partial charge < -0.3 is 15.4 Å². The first kappa shape index (κ1) is 21.1. The number of nitrogens with one attached hydrogen (secondary N) is 3. The Labute approximate surface area is 166 Å². The van der Waals surface area contributed by atoms with Gasteiger partial charge in [-0.15, -0.1) is 0 Å². The van der Waals surface area contributed by atoms with Gasteiger partial charge in [0.1, 0.15) is 6.42 Å². The van der Waals surface area contributed by atoms with Gasteiger partial charge in [-0.05, 0) is 24.3 Å². The summed E-state index contributed by atoms with van der Waals surface area (Å²) in [6.07, 6.45) is -1.63. The van der Waals surface area contributed by atoms with Crippen LogP contribution in [0.3, 0.4) is 0 Å². The molecular weight excluding hydrogens is 376 g/mol. The summed E-state index contributed by atoms with van der Waals surface area (Å²) in [5.41, 5.74) is 0.929. The number of esters is 1. The maximum Gasteiger partial charge on any atom is 0.339 e. The average molecular weight is 394 g/mol. The molecule has 0 saturated heterocycles. The maximum absolute atomic E-state index is 12.5. The second-order valence-corrected chi connectivity index (χ2v) is 5.72. The van der Waals surface area contributed by atoms with Gasteiger partial charge in [0.2, 0.25) is 12.0 Å². The quantitative estimate of drug-likeness (QED) is 0.640. The zero-order chi connectivity index (χ0) is 21.2. The van der Waals surface area contributed by atoms with E-state index in [-0.39, 0.29) is 12.0 Å². The van der Waals surface area contributed by atoms with E-state index < -0.39 is 29.9 Å². The van der Waals surface area contributed by atoms with Crippen molar-refractivity contribution in [3.8, 4) is 6.07 Å². The molecule has 2 aromatic rings. The Kier molecular flexibility index (Phi) is 7.44. The second-order valence-electron chi connectivity index (χ2n) is 5.72. The predicted octanol–water partition coefficient (Wildman–Crippen LogP) is 1.89. The molecule has 0 aliphatic carbocycles. The molecule has 2 rings (SSSR count). The molecule has 0 saturated carbocycles. The van der Waals surface area contributed by atoms with E-state index in [0.717, 1.165) is 0 Å². The van der Waals surface area contributed by atoms with Crippen molar-refractivity contribution >= 4 is 29.5 Å². The van der Waals surface area contributed by atoms with Crippen LogP contribution in [0.15, 0.2) is 54.6 Å². The number of ether oxygens (including phenoxy) is 1. The molecule has 0 heterocycles. The highest BCUT2D eigenvalue weighted by atomic mass is 16.5. The van der Waals surface area contributed by atoms with Crippen LogP contribution in [0, 0.1) is 11.3 Å². The molecule has 2 aromatic carbocycles. The number of rotatable bonds is 6. The molecule has 0 aliphatic heterocycles. The number of carbonyl (C=O) groups excluding carboxylic acids is 4. The molecule has 4 amide bonds. The number of imide groups is 1.